The van der Waals surface area contributed by atoms with Crippen LogP contribution < -0.4 is 0 Å². The molecular formula is C14H24N4O2. The van der Waals surface area contributed by atoms with Crippen LogP contribution in [0.4, 0.5) is 0 Å². The Morgan fingerprint density at radius 3 is 2.85 bits per heavy atom. The molecule has 6 heteroatoms. The molecule has 0 N–H and O–H groups in total. The highest BCUT2D eigenvalue weighted by Crippen LogP contribution is 2.23. The summed E-state index contributed by atoms with van der Waals surface area (Å²) < 4.78 is 7.39. The second-order valence-corrected chi connectivity index (χ2v) is 5.62. The third kappa shape index (κ3) is 3.37. The summed E-state index contributed by atoms with van der Waals surface area (Å²) in [5, 5.41) is 4.21. The number of likely N-dealkylation sites (N-methyl/N-ethyl adjacent to an activating group) is 1. The third-order valence-electron chi connectivity index (χ3n) is 3.94. The number of carbonyl (C=O) groups is 1. The number of likely N-dealkylation sites (tertiary alicyclic amines) is 1. The summed E-state index contributed by atoms with van der Waals surface area (Å²) in [4.78, 5) is 15.8. The number of nitrogens with zero attached hydrogens (tertiary/aromatic N) is 4. The van der Waals surface area contributed by atoms with Gasteiger partial charge in [0.15, 0.2) is 0 Å². The highest BCUT2D eigenvalue weighted by molar-refractivity contribution is 5.77. The van der Waals surface area contributed by atoms with Gasteiger partial charge in [0.05, 0.1) is 18.8 Å². The van der Waals surface area contributed by atoms with E-state index in [0.29, 0.717) is 6.54 Å². The van der Waals surface area contributed by atoms with Crippen LogP contribution in [0.25, 0.3) is 0 Å². The van der Waals surface area contributed by atoms with Gasteiger partial charge in [-0.1, -0.05) is 0 Å². The predicted molar refractivity (Wildman–Crippen MR) is 76.4 cm³/mol. The van der Waals surface area contributed by atoms with Crippen LogP contribution in [0, 0.1) is 0 Å². The van der Waals surface area contributed by atoms with Crippen LogP contribution in [0.15, 0.2) is 12.4 Å². The molecule has 1 aromatic heterocycles. The van der Waals surface area contributed by atoms with Crippen molar-refractivity contribution in [3.63, 3.8) is 0 Å². The Balaban J connectivity index is 2.05. The fraction of sp³-hybridized carbons (Fsp3) is 0.714. The van der Waals surface area contributed by atoms with Crippen molar-refractivity contribution in [3.8, 4) is 0 Å². The molecule has 1 aliphatic heterocycles. The standard InChI is InChI=1S/C14H24N4O2/c1-16(2)14(19)10-18-6-5-13(20-4)12(18)7-11-8-15-17(3)9-11/h8-9,12-13H,5-7,10H2,1-4H3/t12-,13-/m1/s1. The first-order valence-corrected chi connectivity index (χ1v) is 6.95. The summed E-state index contributed by atoms with van der Waals surface area (Å²) in [5.41, 5.74) is 1.18. The minimum atomic E-state index is 0.137. The molecule has 2 atom stereocenters. The van der Waals surface area contributed by atoms with Crippen molar-refractivity contribution in [1.82, 2.24) is 19.6 Å². The molecule has 2 rings (SSSR count). The summed E-state index contributed by atoms with van der Waals surface area (Å²) in [6.07, 6.45) is 5.94. The number of hydrogen-bond donors (Lipinski definition) is 0. The van der Waals surface area contributed by atoms with Gasteiger partial charge >= 0.3 is 0 Å². The van der Waals surface area contributed by atoms with Gasteiger partial charge in [0.1, 0.15) is 0 Å². The van der Waals surface area contributed by atoms with Gasteiger partial charge in [-0.2, -0.15) is 5.10 Å². The molecular weight excluding hydrogens is 256 g/mol. The lowest BCUT2D eigenvalue weighted by Gasteiger charge is -2.27. The van der Waals surface area contributed by atoms with Gasteiger partial charge in [-0.3, -0.25) is 14.4 Å². The molecule has 1 aliphatic rings. The maximum absolute atomic E-state index is 11.9. The van der Waals surface area contributed by atoms with E-state index in [1.54, 1.807) is 30.8 Å². The second kappa shape index (κ2) is 6.37. The molecule has 0 spiro atoms. The van der Waals surface area contributed by atoms with Crippen molar-refractivity contribution in [1.29, 1.82) is 0 Å². The normalized spacial score (nSPS) is 23.2. The number of aryl methyl sites for hydroxylation is 1. The monoisotopic (exact) mass is 280 g/mol. The van der Waals surface area contributed by atoms with Crippen LogP contribution in [0.1, 0.15) is 12.0 Å². The zero-order valence-corrected chi connectivity index (χ0v) is 12.7. The lowest BCUT2D eigenvalue weighted by Crippen LogP contribution is -2.43. The minimum Gasteiger partial charge on any atom is -0.380 e. The van der Waals surface area contributed by atoms with E-state index in [1.807, 2.05) is 19.4 Å². The Morgan fingerprint density at radius 1 is 1.55 bits per heavy atom. The average Bonchev–Trinajstić information content (AvgIpc) is 2.97. The molecule has 1 aromatic rings. The Hall–Kier alpha value is -1.40. The van der Waals surface area contributed by atoms with Crippen molar-refractivity contribution in [2.24, 2.45) is 7.05 Å². The Kier molecular flexibility index (Phi) is 4.77. The maximum atomic E-state index is 11.9. The molecule has 0 saturated carbocycles. The SMILES string of the molecule is CO[C@@H]1CCN(CC(=O)N(C)C)[C@@H]1Cc1cnn(C)c1. The Morgan fingerprint density at radius 2 is 2.30 bits per heavy atom. The summed E-state index contributed by atoms with van der Waals surface area (Å²) in [5.74, 6) is 0.137. The summed E-state index contributed by atoms with van der Waals surface area (Å²) in [7, 11) is 7.25. The van der Waals surface area contributed by atoms with Gasteiger partial charge < -0.3 is 9.64 Å². The topological polar surface area (TPSA) is 50.6 Å². The maximum Gasteiger partial charge on any atom is 0.236 e. The van der Waals surface area contributed by atoms with Crippen molar-refractivity contribution in [2.45, 2.75) is 25.0 Å². The quantitative estimate of drug-likeness (QED) is 0.770. The van der Waals surface area contributed by atoms with Crippen LogP contribution >= 0.6 is 0 Å². The largest absolute Gasteiger partial charge is 0.380 e. The van der Waals surface area contributed by atoms with Gasteiger partial charge in [-0.15, -0.1) is 0 Å². The molecule has 0 aliphatic carbocycles. The van der Waals surface area contributed by atoms with E-state index in [1.165, 1.54) is 5.56 Å². The van der Waals surface area contributed by atoms with E-state index >= 15 is 0 Å². The first-order valence-electron chi connectivity index (χ1n) is 6.95. The third-order valence-corrected chi connectivity index (χ3v) is 3.94. The van der Waals surface area contributed by atoms with Crippen molar-refractivity contribution < 1.29 is 9.53 Å². The van der Waals surface area contributed by atoms with Gasteiger partial charge in [-0.05, 0) is 18.4 Å². The van der Waals surface area contributed by atoms with Crippen LogP contribution in [0.5, 0.6) is 0 Å². The number of ether oxygens (including phenoxy) is 1. The smallest absolute Gasteiger partial charge is 0.236 e. The van der Waals surface area contributed by atoms with Gasteiger partial charge in [-0.25, -0.2) is 0 Å². The van der Waals surface area contributed by atoms with E-state index < -0.39 is 0 Å². The van der Waals surface area contributed by atoms with E-state index in [9.17, 15) is 4.79 Å². The van der Waals surface area contributed by atoms with E-state index in [2.05, 4.69) is 10.00 Å². The average molecular weight is 280 g/mol. The van der Waals surface area contributed by atoms with Gasteiger partial charge in [0.25, 0.3) is 0 Å². The number of carbonyl (C=O) groups excluding carboxylic acids is 1. The molecule has 2 heterocycles. The molecule has 0 aromatic carbocycles. The molecule has 0 unspecified atom stereocenters. The Labute approximate surface area is 120 Å². The number of aromatic nitrogens is 2. The molecule has 1 amide bonds. The number of amides is 1. The predicted octanol–water partition coefficient (Wildman–Crippen LogP) is 0.140. The zero-order chi connectivity index (χ0) is 14.7. The van der Waals surface area contributed by atoms with E-state index in [4.69, 9.17) is 4.74 Å². The van der Waals surface area contributed by atoms with Crippen LogP contribution in [0.3, 0.4) is 0 Å². The number of methoxy groups -OCH3 is 1. The van der Waals surface area contributed by atoms with Crippen LogP contribution in [-0.2, 0) is 23.0 Å². The fourth-order valence-corrected chi connectivity index (χ4v) is 2.75. The zero-order valence-electron chi connectivity index (χ0n) is 12.7. The second-order valence-electron chi connectivity index (χ2n) is 5.62. The molecule has 0 radical (unpaired) electrons. The molecule has 20 heavy (non-hydrogen) atoms. The van der Waals surface area contributed by atoms with E-state index in [-0.39, 0.29) is 18.1 Å². The Bertz CT molecular complexity index is 458. The first-order chi connectivity index (χ1) is 9.51. The molecule has 0 bridgehead atoms. The summed E-state index contributed by atoms with van der Waals surface area (Å²) in [6, 6.07) is 0.244. The van der Waals surface area contributed by atoms with Gasteiger partial charge in [0, 0.05) is 47.0 Å². The van der Waals surface area contributed by atoms with Gasteiger partial charge in [0.2, 0.25) is 5.91 Å². The minimum absolute atomic E-state index is 0.137. The molecule has 112 valence electrons. The first kappa shape index (κ1) is 15.0. The lowest BCUT2D eigenvalue weighted by atomic mass is 10.0. The molecule has 1 saturated heterocycles. The highest BCUT2D eigenvalue weighted by Gasteiger charge is 2.35. The van der Waals surface area contributed by atoms with Crippen molar-refractivity contribution >= 4 is 5.91 Å². The molecule has 1 fully saturated rings. The van der Waals surface area contributed by atoms with Crippen molar-refractivity contribution in [2.75, 3.05) is 34.3 Å². The summed E-state index contributed by atoms with van der Waals surface area (Å²) in [6.45, 7) is 1.36. The number of rotatable bonds is 5. The van der Waals surface area contributed by atoms with Crippen LogP contribution in [0.2, 0.25) is 0 Å². The summed E-state index contributed by atoms with van der Waals surface area (Å²) >= 11 is 0. The highest BCUT2D eigenvalue weighted by atomic mass is 16.5. The molecule has 6 nitrogen and oxygen atoms in total. The van der Waals surface area contributed by atoms with E-state index in [0.717, 1.165) is 19.4 Å². The fourth-order valence-electron chi connectivity index (χ4n) is 2.75. The van der Waals surface area contributed by atoms with Crippen LogP contribution in [-0.4, -0.2) is 71.9 Å². The number of hydrogen-bond acceptors (Lipinski definition) is 4. The van der Waals surface area contributed by atoms with Crippen molar-refractivity contribution in [3.05, 3.63) is 18.0 Å². The lowest BCUT2D eigenvalue weighted by molar-refractivity contribution is -0.130.